The minimum absolute atomic E-state index is 0.139. The second kappa shape index (κ2) is 10.4. The van der Waals surface area contributed by atoms with Crippen LogP contribution in [0.25, 0.3) is 0 Å². The van der Waals surface area contributed by atoms with Crippen LogP contribution < -0.4 is 15.4 Å². The number of carbonyl (C=O) groups excluding carboxylic acids is 2. The smallest absolute Gasteiger partial charge is 0.262 e. The van der Waals surface area contributed by atoms with Crippen molar-refractivity contribution in [3.8, 4) is 5.75 Å². The second-order valence-electron chi connectivity index (χ2n) is 7.68. The Labute approximate surface area is 183 Å². The summed E-state index contributed by atoms with van der Waals surface area (Å²) in [6, 6.07) is 24.2. The molecule has 3 rings (SSSR count). The molecule has 0 saturated heterocycles. The third kappa shape index (κ3) is 5.95. The lowest BCUT2D eigenvalue weighted by Gasteiger charge is -2.17. The van der Waals surface area contributed by atoms with E-state index < -0.39 is 0 Å². The molecule has 2 amide bonds. The molecule has 0 radical (unpaired) electrons. The summed E-state index contributed by atoms with van der Waals surface area (Å²) in [6.45, 7) is 5.94. The molecule has 0 aliphatic heterocycles. The standard InChI is InChI=1S/C26H28N2O3/c1-18(2)21-13-8-10-16-24(21)31-17-25(29)28-23-15-9-7-14-22(23)26(30)27-19(3)20-11-5-4-6-12-20/h4-16,18-19H,17H2,1-3H3,(H,27,30)(H,28,29). The summed E-state index contributed by atoms with van der Waals surface area (Å²) >= 11 is 0. The molecular formula is C26H28N2O3. The number of para-hydroxylation sites is 2. The van der Waals surface area contributed by atoms with Gasteiger partial charge in [-0.2, -0.15) is 0 Å². The van der Waals surface area contributed by atoms with E-state index in [1.165, 1.54) is 0 Å². The molecule has 1 unspecified atom stereocenters. The third-order valence-electron chi connectivity index (χ3n) is 4.99. The number of anilines is 1. The highest BCUT2D eigenvalue weighted by Gasteiger charge is 2.16. The first-order valence-corrected chi connectivity index (χ1v) is 10.4. The van der Waals surface area contributed by atoms with Crippen molar-refractivity contribution in [1.82, 2.24) is 5.32 Å². The van der Waals surface area contributed by atoms with Crippen molar-refractivity contribution in [2.24, 2.45) is 0 Å². The molecule has 0 aromatic heterocycles. The lowest BCUT2D eigenvalue weighted by Crippen LogP contribution is -2.28. The molecule has 2 N–H and O–H groups in total. The number of carbonyl (C=O) groups is 2. The second-order valence-corrected chi connectivity index (χ2v) is 7.68. The topological polar surface area (TPSA) is 67.4 Å². The van der Waals surface area contributed by atoms with Crippen LogP contribution >= 0.6 is 0 Å². The van der Waals surface area contributed by atoms with Crippen LogP contribution in [0.15, 0.2) is 78.9 Å². The molecule has 0 aliphatic carbocycles. The van der Waals surface area contributed by atoms with E-state index in [1.54, 1.807) is 24.3 Å². The Morgan fingerprint density at radius 2 is 1.48 bits per heavy atom. The SMILES string of the molecule is CC(C)c1ccccc1OCC(=O)Nc1ccccc1C(=O)NC(C)c1ccccc1. The van der Waals surface area contributed by atoms with Gasteiger partial charge in [-0.15, -0.1) is 0 Å². The van der Waals surface area contributed by atoms with Gasteiger partial charge in [0.2, 0.25) is 0 Å². The van der Waals surface area contributed by atoms with Crippen LogP contribution in [0.1, 0.15) is 54.2 Å². The van der Waals surface area contributed by atoms with E-state index >= 15 is 0 Å². The van der Waals surface area contributed by atoms with Gasteiger partial charge < -0.3 is 15.4 Å². The molecule has 1 atom stereocenters. The average molecular weight is 417 g/mol. The molecule has 5 heteroatoms. The molecule has 0 heterocycles. The highest BCUT2D eigenvalue weighted by Crippen LogP contribution is 2.26. The molecule has 3 aromatic carbocycles. The Bertz CT molecular complexity index is 1030. The molecule has 0 saturated carbocycles. The zero-order valence-electron chi connectivity index (χ0n) is 18.1. The Hall–Kier alpha value is -3.60. The molecule has 0 spiro atoms. The molecule has 31 heavy (non-hydrogen) atoms. The van der Waals surface area contributed by atoms with E-state index in [4.69, 9.17) is 4.74 Å². The van der Waals surface area contributed by atoms with Crippen molar-refractivity contribution in [2.45, 2.75) is 32.7 Å². The Balaban J connectivity index is 1.65. The van der Waals surface area contributed by atoms with E-state index in [1.807, 2.05) is 61.5 Å². The van der Waals surface area contributed by atoms with Gasteiger partial charge in [-0.3, -0.25) is 9.59 Å². The van der Waals surface area contributed by atoms with Crippen LogP contribution in [0.3, 0.4) is 0 Å². The van der Waals surface area contributed by atoms with Crippen molar-refractivity contribution in [3.63, 3.8) is 0 Å². The maximum Gasteiger partial charge on any atom is 0.262 e. The first-order valence-electron chi connectivity index (χ1n) is 10.4. The first kappa shape index (κ1) is 22.1. The van der Waals surface area contributed by atoms with Crippen molar-refractivity contribution in [3.05, 3.63) is 95.6 Å². The van der Waals surface area contributed by atoms with Gasteiger partial charge in [-0.25, -0.2) is 0 Å². The van der Waals surface area contributed by atoms with Crippen LogP contribution in [-0.4, -0.2) is 18.4 Å². The highest BCUT2D eigenvalue weighted by molar-refractivity contribution is 6.04. The fourth-order valence-electron chi connectivity index (χ4n) is 3.31. The van der Waals surface area contributed by atoms with Crippen LogP contribution in [0, 0.1) is 0 Å². The maximum absolute atomic E-state index is 12.8. The summed E-state index contributed by atoms with van der Waals surface area (Å²) in [4.78, 5) is 25.4. The van der Waals surface area contributed by atoms with Crippen molar-refractivity contribution in [2.75, 3.05) is 11.9 Å². The van der Waals surface area contributed by atoms with E-state index in [9.17, 15) is 9.59 Å². The Kier molecular flexibility index (Phi) is 7.44. The quantitative estimate of drug-likeness (QED) is 0.522. The number of ether oxygens (including phenoxy) is 1. The number of nitrogens with one attached hydrogen (secondary N) is 2. The van der Waals surface area contributed by atoms with Gasteiger partial charge in [-0.1, -0.05) is 74.5 Å². The van der Waals surface area contributed by atoms with Crippen LogP contribution in [0.4, 0.5) is 5.69 Å². The summed E-state index contributed by atoms with van der Waals surface area (Å²) in [6.07, 6.45) is 0. The summed E-state index contributed by atoms with van der Waals surface area (Å²) in [5, 5.41) is 5.78. The number of hydrogen-bond donors (Lipinski definition) is 2. The maximum atomic E-state index is 12.8. The van der Waals surface area contributed by atoms with E-state index in [-0.39, 0.29) is 30.4 Å². The van der Waals surface area contributed by atoms with Gasteiger partial charge >= 0.3 is 0 Å². The summed E-state index contributed by atoms with van der Waals surface area (Å²) in [7, 11) is 0. The number of benzene rings is 3. The van der Waals surface area contributed by atoms with E-state index in [0.29, 0.717) is 17.0 Å². The largest absolute Gasteiger partial charge is 0.483 e. The van der Waals surface area contributed by atoms with Crippen molar-refractivity contribution in [1.29, 1.82) is 0 Å². The summed E-state index contributed by atoms with van der Waals surface area (Å²) in [5.41, 5.74) is 2.91. The molecule has 0 fully saturated rings. The van der Waals surface area contributed by atoms with E-state index in [2.05, 4.69) is 24.5 Å². The molecular weight excluding hydrogens is 388 g/mol. The van der Waals surface area contributed by atoms with Gasteiger partial charge in [0.25, 0.3) is 11.8 Å². The lowest BCUT2D eigenvalue weighted by atomic mass is 10.0. The number of rotatable bonds is 8. The predicted molar refractivity (Wildman–Crippen MR) is 123 cm³/mol. The van der Waals surface area contributed by atoms with Crippen molar-refractivity contribution >= 4 is 17.5 Å². The summed E-state index contributed by atoms with van der Waals surface area (Å²) in [5.74, 6) is 0.402. The normalized spacial score (nSPS) is 11.6. The fraction of sp³-hybridized carbons (Fsp3) is 0.231. The van der Waals surface area contributed by atoms with Gasteiger partial charge in [0.15, 0.2) is 6.61 Å². The minimum atomic E-state index is -0.324. The third-order valence-corrected chi connectivity index (χ3v) is 4.99. The number of amides is 2. The van der Waals surface area contributed by atoms with Gasteiger partial charge in [-0.05, 0) is 42.2 Å². The van der Waals surface area contributed by atoms with Crippen LogP contribution in [0.5, 0.6) is 5.75 Å². The zero-order valence-corrected chi connectivity index (χ0v) is 18.1. The molecule has 160 valence electrons. The first-order chi connectivity index (χ1) is 15.0. The summed E-state index contributed by atoms with van der Waals surface area (Å²) < 4.78 is 5.74. The van der Waals surface area contributed by atoms with Crippen molar-refractivity contribution < 1.29 is 14.3 Å². The number of hydrogen-bond acceptors (Lipinski definition) is 3. The van der Waals surface area contributed by atoms with Gasteiger partial charge in [0.1, 0.15) is 5.75 Å². The molecule has 0 aliphatic rings. The van der Waals surface area contributed by atoms with Crippen LogP contribution in [0.2, 0.25) is 0 Å². The highest BCUT2D eigenvalue weighted by atomic mass is 16.5. The van der Waals surface area contributed by atoms with Gasteiger partial charge in [0.05, 0.1) is 17.3 Å². The lowest BCUT2D eigenvalue weighted by molar-refractivity contribution is -0.118. The predicted octanol–water partition coefficient (Wildman–Crippen LogP) is 5.32. The van der Waals surface area contributed by atoms with E-state index in [0.717, 1.165) is 11.1 Å². The zero-order chi connectivity index (χ0) is 22.2. The molecule has 0 bridgehead atoms. The van der Waals surface area contributed by atoms with Crippen LogP contribution in [-0.2, 0) is 4.79 Å². The monoisotopic (exact) mass is 416 g/mol. The van der Waals surface area contributed by atoms with Gasteiger partial charge in [0, 0.05) is 0 Å². The Morgan fingerprint density at radius 1 is 0.839 bits per heavy atom. The molecule has 3 aromatic rings. The minimum Gasteiger partial charge on any atom is -0.483 e. The Morgan fingerprint density at radius 3 is 2.23 bits per heavy atom. The fourth-order valence-corrected chi connectivity index (χ4v) is 3.31. The average Bonchev–Trinajstić information content (AvgIpc) is 2.78. The molecule has 5 nitrogen and oxygen atoms in total.